The highest BCUT2D eigenvalue weighted by atomic mass is 32.2. The largest absolute Gasteiger partial charge is 0.383 e. The molecule has 26 heavy (non-hydrogen) atoms. The third-order valence-electron chi connectivity index (χ3n) is 5.52. The molecule has 1 saturated carbocycles. The van der Waals surface area contributed by atoms with Gasteiger partial charge in [-0.15, -0.1) is 0 Å². The summed E-state index contributed by atoms with van der Waals surface area (Å²) in [5.41, 5.74) is 2.04. The molecule has 3 atom stereocenters. The van der Waals surface area contributed by atoms with Crippen LogP contribution in [0.2, 0.25) is 0 Å². The quantitative estimate of drug-likeness (QED) is 0.750. The molecule has 0 spiro atoms. The molecule has 0 unspecified atom stereocenters. The van der Waals surface area contributed by atoms with Crippen molar-refractivity contribution in [3.8, 4) is 0 Å². The molecule has 3 rings (SSSR count). The average Bonchev–Trinajstić information content (AvgIpc) is 2.99. The maximum Gasteiger partial charge on any atom is 0.230 e. The molecular formula is C20H29N3O2S. The summed E-state index contributed by atoms with van der Waals surface area (Å²) < 4.78 is 7.37. The van der Waals surface area contributed by atoms with Gasteiger partial charge in [-0.2, -0.15) is 0 Å². The molecule has 1 N–H and O–H groups in total. The van der Waals surface area contributed by atoms with Crippen LogP contribution in [0.15, 0.2) is 29.4 Å². The van der Waals surface area contributed by atoms with E-state index in [0.717, 1.165) is 29.2 Å². The van der Waals surface area contributed by atoms with Gasteiger partial charge in [0.2, 0.25) is 5.91 Å². The number of imidazole rings is 1. The lowest BCUT2D eigenvalue weighted by atomic mass is 9.78. The number of nitrogens with zero attached hydrogens (tertiary/aromatic N) is 2. The number of carbonyl (C=O) groups excluding carboxylic acids is 1. The van der Waals surface area contributed by atoms with Crippen LogP contribution < -0.4 is 5.32 Å². The lowest BCUT2D eigenvalue weighted by Crippen LogP contribution is -2.44. The van der Waals surface area contributed by atoms with Crippen LogP contribution in [-0.4, -0.2) is 41.0 Å². The van der Waals surface area contributed by atoms with Crippen molar-refractivity contribution >= 4 is 28.7 Å². The number of fused-ring (bicyclic) bond motifs is 1. The standard InChI is InChI=1S/C20H29N3O2S/c1-14-7-6-9-16(15(14)2)21-19(24)13-26-20-22-17-8-4-5-10-18(17)23(20)11-12-25-3/h4-5,8,10,14-16H,6-7,9,11-13H2,1-3H3,(H,21,24)/t14-,15+,16-/m1/s1. The smallest absolute Gasteiger partial charge is 0.230 e. The molecule has 5 nitrogen and oxygen atoms in total. The van der Waals surface area contributed by atoms with E-state index in [1.165, 1.54) is 24.6 Å². The van der Waals surface area contributed by atoms with E-state index in [0.29, 0.717) is 30.2 Å². The zero-order chi connectivity index (χ0) is 18.5. The molecular weight excluding hydrogens is 346 g/mol. The number of amides is 1. The number of methoxy groups -OCH3 is 1. The first-order valence-electron chi connectivity index (χ1n) is 9.46. The number of para-hydroxylation sites is 2. The first kappa shape index (κ1) is 19.2. The van der Waals surface area contributed by atoms with Gasteiger partial charge in [0, 0.05) is 19.7 Å². The number of hydrogen-bond acceptors (Lipinski definition) is 4. The molecule has 0 saturated heterocycles. The molecule has 0 aliphatic heterocycles. The second-order valence-corrected chi connectivity index (χ2v) is 8.20. The van der Waals surface area contributed by atoms with Gasteiger partial charge in [-0.3, -0.25) is 4.79 Å². The molecule has 1 aromatic carbocycles. The molecule has 1 heterocycles. The number of rotatable bonds is 7. The van der Waals surface area contributed by atoms with E-state index in [2.05, 4.69) is 29.8 Å². The van der Waals surface area contributed by atoms with Crippen molar-refractivity contribution in [3.63, 3.8) is 0 Å². The van der Waals surface area contributed by atoms with Crippen LogP contribution in [0.4, 0.5) is 0 Å². The van der Waals surface area contributed by atoms with Gasteiger partial charge in [0.1, 0.15) is 0 Å². The van der Waals surface area contributed by atoms with Crippen LogP contribution in [0.5, 0.6) is 0 Å². The van der Waals surface area contributed by atoms with Crippen molar-refractivity contribution in [3.05, 3.63) is 24.3 Å². The molecule has 2 aromatic rings. The van der Waals surface area contributed by atoms with Crippen molar-refractivity contribution in [2.24, 2.45) is 11.8 Å². The number of aromatic nitrogens is 2. The van der Waals surface area contributed by atoms with Gasteiger partial charge in [0.05, 0.1) is 23.4 Å². The van der Waals surface area contributed by atoms with Crippen LogP contribution in [0, 0.1) is 11.8 Å². The molecule has 0 bridgehead atoms. The Balaban J connectivity index is 1.64. The summed E-state index contributed by atoms with van der Waals surface area (Å²) in [4.78, 5) is 17.2. The van der Waals surface area contributed by atoms with Gasteiger partial charge in [0.15, 0.2) is 5.16 Å². The Morgan fingerprint density at radius 1 is 1.35 bits per heavy atom. The average molecular weight is 376 g/mol. The molecule has 1 aliphatic carbocycles. The minimum atomic E-state index is 0.103. The summed E-state index contributed by atoms with van der Waals surface area (Å²) in [6.45, 7) is 5.90. The first-order chi connectivity index (χ1) is 12.6. The molecule has 1 aromatic heterocycles. The van der Waals surface area contributed by atoms with Crippen molar-refractivity contribution < 1.29 is 9.53 Å². The number of benzene rings is 1. The third-order valence-corrected chi connectivity index (χ3v) is 6.50. The van der Waals surface area contributed by atoms with Gasteiger partial charge in [-0.1, -0.05) is 50.6 Å². The summed E-state index contributed by atoms with van der Waals surface area (Å²) >= 11 is 1.51. The highest BCUT2D eigenvalue weighted by molar-refractivity contribution is 7.99. The monoisotopic (exact) mass is 375 g/mol. The van der Waals surface area contributed by atoms with Crippen LogP contribution >= 0.6 is 11.8 Å². The van der Waals surface area contributed by atoms with E-state index in [1.807, 2.05) is 18.2 Å². The van der Waals surface area contributed by atoms with Crippen LogP contribution in [0.3, 0.4) is 0 Å². The fourth-order valence-corrected chi connectivity index (χ4v) is 4.58. The Hall–Kier alpha value is -1.53. The number of thioether (sulfide) groups is 1. The Morgan fingerprint density at radius 2 is 2.15 bits per heavy atom. The van der Waals surface area contributed by atoms with E-state index < -0.39 is 0 Å². The molecule has 1 aliphatic rings. The van der Waals surface area contributed by atoms with Gasteiger partial charge in [-0.25, -0.2) is 4.98 Å². The lowest BCUT2D eigenvalue weighted by molar-refractivity contribution is -0.120. The highest BCUT2D eigenvalue weighted by Gasteiger charge is 2.28. The molecule has 1 fully saturated rings. The normalized spacial score (nSPS) is 23.3. The summed E-state index contributed by atoms with van der Waals surface area (Å²) in [5.74, 6) is 1.73. The van der Waals surface area contributed by atoms with Crippen LogP contribution in [0.1, 0.15) is 33.1 Å². The maximum absolute atomic E-state index is 12.5. The Kier molecular flexibility index (Phi) is 6.59. The van der Waals surface area contributed by atoms with Crippen molar-refractivity contribution in [2.45, 2.75) is 50.9 Å². The van der Waals surface area contributed by atoms with E-state index in [9.17, 15) is 4.79 Å². The zero-order valence-corrected chi connectivity index (χ0v) is 16.7. The van der Waals surface area contributed by atoms with Crippen LogP contribution in [0.25, 0.3) is 11.0 Å². The van der Waals surface area contributed by atoms with Gasteiger partial charge >= 0.3 is 0 Å². The van der Waals surface area contributed by atoms with E-state index >= 15 is 0 Å². The minimum Gasteiger partial charge on any atom is -0.383 e. The summed E-state index contributed by atoms with van der Waals surface area (Å²) in [7, 11) is 1.70. The number of carbonyl (C=O) groups is 1. The maximum atomic E-state index is 12.5. The number of ether oxygens (including phenoxy) is 1. The predicted octanol–water partition coefficient (Wildman–Crippen LogP) is 3.72. The second-order valence-electron chi connectivity index (χ2n) is 7.26. The second kappa shape index (κ2) is 8.91. The van der Waals surface area contributed by atoms with Gasteiger partial charge in [0.25, 0.3) is 0 Å². The summed E-state index contributed by atoms with van der Waals surface area (Å²) in [5, 5.41) is 4.12. The zero-order valence-electron chi connectivity index (χ0n) is 15.9. The minimum absolute atomic E-state index is 0.103. The molecule has 1 amide bonds. The van der Waals surface area contributed by atoms with Gasteiger partial charge < -0.3 is 14.6 Å². The third kappa shape index (κ3) is 4.41. The molecule has 142 valence electrons. The number of hydrogen-bond donors (Lipinski definition) is 1. The highest BCUT2D eigenvalue weighted by Crippen LogP contribution is 2.30. The molecule has 6 heteroatoms. The van der Waals surface area contributed by atoms with Crippen molar-refractivity contribution in [1.82, 2.24) is 14.9 Å². The lowest BCUT2D eigenvalue weighted by Gasteiger charge is -2.34. The van der Waals surface area contributed by atoms with Crippen molar-refractivity contribution in [1.29, 1.82) is 0 Å². The number of nitrogens with one attached hydrogen (secondary N) is 1. The summed E-state index contributed by atoms with van der Waals surface area (Å²) in [6.07, 6.45) is 3.57. The van der Waals surface area contributed by atoms with Gasteiger partial charge in [-0.05, 0) is 30.4 Å². The summed E-state index contributed by atoms with van der Waals surface area (Å²) in [6, 6.07) is 8.38. The fourth-order valence-electron chi connectivity index (χ4n) is 3.73. The predicted molar refractivity (Wildman–Crippen MR) is 106 cm³/mol. The Labute approximate surface area is 159 Å². The first-order valence-corrected chi connectivity index (χ1v) is 10.4. The van der Waals surface area contributed by atoms with E-state index in [1.54, 1.807) is 7.11 Å². The topological polar surface area (TPSA) is 56.1 Å². The fraction of sp³-hybridized carbons (Fsp3) is 0.600. The van der Waals surface area contributed by atoms with Crippen molar-refractivity contribution in [2.75, 3.05) is 19.5 Å². The SMILES string of the molecule is COCCn1c(SCC(=O)N[C@@H]2CCC[C@@H](C)[C@@H]2C)nc2ccccc21. The Morgan fingerprint density at radius 3 is 2.96 bits per heavy atom. The van der Waals surface area contributed by atoms with E-state index in [4.69, 9.17) is 9.72 Å². The van der Waals surface area contributed by atoms with Crippen LogP contribution in [-0.2, 0) is 16.1 Å². The molecule has 0 radical (unpaired) electrons. The van der Waals surface area contributed by atoms with E-state index in [-0.39, 0.29) is 5.91 Å². The Bertz CT molecular complexity index is 746.